The van der Waals surface area contributed by atoms with Gasteiger partial charge in [-0.15, -0.1) is 0 Å². The first-order valence-electron chi connectivity index (χ1n) is 6.43. The van der Waals surface area contributed by atoms with Gasteiger partial charge in [-0.1, -0.05) is 17.9 Å². The van der Waals surface area contributed by atoms with Crippen LogP contribution in [-0.4, -0.2) is 17.0 Å². The number of rotatable bonds is 2. The Morgan fingerprint density at radius 2 is 2.05 bits per heavy atom. The number of hydrogen-bond donors (Lipinski definition) is 1. The molecule has 1 N–H and O–H groups in total. The number of carbonyl (C=O) groups is 1. The van der Waals surface area contributed by atoms with Crippen LogP contribution in [0.4, 0.5) is 13.2 Å². The van der Waals surface area contributed by atoms with Gasteiger partial charge < -0.3 is 9.88 Å². The Balaban J connectivity index is 1.97. The number of nitrogens with one attached hydrogen (secondary N) is 1. The number of nitrogens with zero attached hydrogens (tertiary/aromatic N) is 1. The summed E-state index contributed by atoms with van der Waals surface area (Å²) < 4.78 is 39.3. The highest BCUT2D eigenvalue weighted by molar-refractivity contribution is 5.92. The molecular weight excluding hydrogens is 293 g/mol. The first kappa shape index (κ1) is 15.7. The van der Waals surface area contributed by atoms with Crippen molar-refractivity contribution in [2.45, 2.75) is 6.18 Å². The number of hydrogen-bond acceptors (Lipinski definition) is 1. The van der Waals surface area contributed by atoms with Crippen molar-refractivity contribution in [2.75, 3.05) is 6.54 Å². The molecule has 2 rings (SSSR count). The molecule has 3 nitrogen and oxygen atoms in total. The molecule has 0 spiro atoms. The SMILES string of the molecule is Cn1cccc1C(=O)NCC#Cc1cccc(C(F)(F)F)c1. The second kappa shape index (κ2) is 6.39. The van der Waals surface area contributed by atoms with E-state index in [1.54, 1.807) is 29.9 Å². The third-order valence-corrected chi connectivity index (χ3v) is 2.94. The molecule has 0 saturated carbocycles. The molecule has 1 aromatic heterocycles. The van der Waals surface area contributed by atoms with Gasteiger partial charge in [-0.2, -0.15) is 13.2 Å². The van der Waals surface area contributed by atoms with Gasteiger partial charge in [0.1, 0.15) is 5.69 Å². The molecule has 1 heterocycles. The van der Waals surface area contributed by atoms with Gasteiger partial charge in [0.05, 0.1) is 12.1 Å². The summed E-state index contributed by atoms with van der Waals surface area (Å²) >= 11 is 0. The van der Waals surface area contributed by atoms with Crippen molar-refractivity contribution in [1.29, 1.82) is 0 Å². The lowest BCUT2D eigenvalue weighted by molar-refractivity contribution is -0.137. The zero-order valence-corrected chi connectivity index (χ0v) is 11.7. The van der Waals surface area contributed by atoms with Gasteiger partial charge in [0.2, 0.25) is 0 Å². The third kappa shape index (κ3) is 3.92. The molecule has 6 heteroatoms. The second-order valence-electron chi connectivity index (χ2n) is 4.57. The number of benzene rings is 1. The molecule has 2 aromatic rings. The van der Waals surface area contributed by atoms with Gasteiger partial charge in [-0.25, -0.2) is 0 Å². The molecule has 0 atom stereocenters. The average Bonchev–Trinajstić information content (AvgIpc) is 2.89. The van der Waals surface area contributed by atoms with E-state index in [-0.39, 0.29) is 18.0 Å². The van der Waals surface area contributed by atoms with Gasteiger partial charge in [0.15, 0.2) is 0 Å². The van der Waals surface area contributed by atoms with E-state index < -0.39 is 11.7 Å². The van der Waals surface area contributed by atoms with Gasteiger partial charge in [0, 0.05) is 18.8 Å². The Hall–Kier alpha value is -2.68. The van der Waals surface area contributed by atoms with Crippen LogP contribution >= 0.6 is 0 Å². The van der Waals surface area contributed by atoms with E-state index in [1.807, 2.05) is 0 Å². The lowest BCUT2D eigenvalue weighted by Crippen LogP contribution is -2.25. The third-order valence-electron chi connectivity index (χ3n) is 2.94. The average molecular weight is 306 g/mol. The fourth-order valence-electron chi connectivity index (χ4n) is 1.83. The van der Waals surface area contributed by atoms with Crippen molar-refractivity contribution in [3.05, 3.63) is 59.4 Å². The zero-order chi connectivity index (χ0) is 16.2. The predicted octanol–water partition coefficient (Wildman–Crippen LogP) is 2.83. The van der Waals surface area contributed by atoms with Gasteiger partial charge in [-0.3, -0.25) is 4.79 Å². The maximum absolute atomic E-state index is 12.5. The van der Waals surface area contributed by atoms with Gasteiger partial charge >= 0.3 is 6.18 Å². The smallest absolute Gasteiger partial charge is 0.347 e. The summed E-state index contributed by atoms with van der Waals surface area (Å²) in [5, 5.41) is 2.59. The van der Waals surface area contributed by atoms with Crippen LogP contribution in [-0.2, 0) is 13.2 Å². The summed E-state index contributed by atoms with van der Waals surface area (Å²) in [4.78, 5) is 11.8. The van der Waals surface area contributed by atoms with Crippen molar-refractivity contribution in [1.82, 2.24) is 9.88 Å². The van der Waals surface area contributed by atoms with Crippen LogP contribution in [0.5, 0.6) is 0 Å². The number of alkyl halides is 3. The summed E-state index contributed by atoms with van der Waals surface area (Å²) in [6.45, 7) is 0.0558. The lowest BCUT2D eigenvalue weighted by Gasteiger charge is -2.05. The number of carbonyl (C=O) groups excluding carboxylic acids is 1. The maximum Gasteiger partial charge on any atom is 0.416 e. The number of aromatic nitrogens is 1. The van der Waals surface area contributed by atoms with Crippen LogP contribution < -0.4 is 5.32 Å². The molecule has 0 saturated heterocycles. The molecule has 22 heavy (non-hydrogen) atoms. The number of aryl methyl sites for hydroxylation is 1. The first-order chi connectivity index (χ1) is 10.4. The normalized spacial score (nSPS) is 10.7. The topological polar surface area (TPSA) is 34.0 Å². The Labute approximate surface area is 125 Å². The molecule has 0 aliphatic rings. The Morgan fingerprint density at radius 1 is 1.27 bits per heavy atom. The molecule has 114 valence electrons. The Kier molecular flexibility index (Phi) is 4.56. The molecule has 0 radical (unpaired) electrons. The van der Waals surface area contributed by atoms with Gasteiger partial charge in [-0.05, 0) is 30.3 Å². The summed E-state index contributed by atoms with van der Waals surface area (Å²) in [6.07, 6.45) is -2.65. The summed E-state index contributed by atoms with van der Waals surface area (Å²) in [5.74, 6) is 4.95. The number of amides is 1. The van der Waals surface area contributed by atoms with Crippen LogP contribution in [0.2, 0.25) is 0 Å². The van der Waals surface area contributed by atoms with E-state index in [9.17, 15) is 18.0 Å². The summed E-state index contributed by atoms with van der Waals surface area (Å²) in [5.41, 5.74) is -0.00375. The number of halogens is 3. The minimum absolute atomic E-state index is 0.0558. The minimum Gasteiger partial charge on any atom is -0.347 e. The fourth-order valence-corrected chi connectivity index (χ4v) is 1.83. The molecule has 0 fully saturated rings. The maximum atomic E-state index is 12.5. The summed E-state index contributed by atoms with van der Waals surface area (Å²) in [6, 6.07) is 8.16. The quantitative estimate of drug-likeness (QED) is 0.851. The van der Waals surface area contributed by atoms with Crippen LogP contribution in [0.15, 0.2) is 42.6 Å². The van der Waals surface area contributed by atoms with E-state index in [1.165, 1.54) is 12.1 Å². The molecule has 0 aliphatic heterocycles. The second-order valence-corrected chi connectivity index (χ2v) is 4.57. The highest BCUT2D eigenvalue weighted by Gasteiger charge is 2.30. The van der Waals surface area contributed by atoms with Crippen molar-refractivity contribution in [2.24, 2.45) is 7.05 Å². The fraction of sp³-hybridized carbons (Fsp3) is 0.188. The van der Waals surface area contributed by atoms with Crippen LogP contribution in [0, 0.1) is 11.8 Å². The molecular formula is C16H13F3N2O. The van der Waals surface area contributed by atoms with E-state index >= 15 is 0 Å². The standard InChI is InChI=1S/C16H13F3N2O/c1-21-10-4-8-14(21)15(22)20-9-3-6-12-5-2-7-13(11-12)16(17,18)19/h2,4-5,7-8,10-11H,9H2,1H3,(H,20,22). The van der Waals surface area contributed by atoms with Gasteiger partial charge in [0.25, 0.3) is 5.91 Å². The molecule has 0 aliphatic carbocycles. The molecule has 1 amide bonds. The van der Waals surface area contributed by atoms with Crippen molar-refractivity contribution >= 4 is 5.91 Å². The highest BCUT2D eigenvalue weighted by Crippen LogP contribution is 2.29. The summed E-state index contributed by atoms with van der Waals surface area (Å²) in [7, 11) is 1.74. The largest absolute Gasteiger partial charge is 0.416 e. The molecule has 1 aromatic carbocycles. The minimum atomic E-state index is -4.39. The molecule has 0 unspecified atom stereocenters. The van der Waals surface area contributed by atoms with Crippen molar-refractivity contribution < 1.29 is 18.0 Å². The monoisotopic (exact) mass is 306 g/mol. The van der Waals surface area contributed by atoms with E-state index in [4.69, 9.17) is 0 Å². The van der Waals surface area contributed by atoms with E-state index in [0.29, 0.717) is 5.69 Å². The van der Waals surface area contributed by atoms with E-state index in [0.717, 1.165) is 12.1 Å². The van der Waals surface area contributed by atoms with Crippen molar-refractivity contribution in [3.8, 4) is 11.8 Å². The molecule has 0 bridgehead atoms. The van der Waals surface area contributed by atoms with Crippen LogP contribution in [0.25, 0.3) is 0 Å². The Bertz CT molecular complexity index is 736. The van der Waals surface area contributed by atoms with Crippen molar-refractivity contribution in [3.63, 3.8) is 0 Å². The predicted molar refractivity (Wildman–Crippen MR) is 76.1 cm³/mol. The van der Waals surface area contributed by atoms with E-state index in [2.05, 4.69) is 17.2 Å². The zero-order valence-electron chi connectivity index (χ0n) is 11.7. The lowest BCUT2D eigenvalue weighted by atomic mass is 10.1. The first-order valence-corrected chi connectivity index (χ1v) is 6.43. The van der Waals surface area contributed by atoms with Crippen LogP contribution in [0.1, 0.15) is 21.6 Å². The Morgan fingerprint density at radius 3 is 2.68 bits per heavy atom. The van der Waals surface area contributed by atoms with Crippen LogP contribution in [0.3, 0.4) is 0 Å². The highest BCUT2D eigenvalue weighted by atomic mass is 19.4.